The van der Waals surface area contributed by atoms with E-state index in [1.54, 1.807) is 72.8 Å². The van der Waals surface area contributed by atoms with E-state index in [0.717, 1.165) is 98.8 Å². The number of carbonyl (C=O) groups excluding carboxylic acids is 16. The molecule has 8 heterocycles. The summed E-state index contributed by atoms with van der Waals surface area (Å²) < 4.78 is 0. The molecule has 0 saturated carbocycles. The Morgan fingerprint density at radius 3 is 0.446 bits per heavy atom. The number of para-hydroxylation sites is 2. The Morgan fingerprint density at radius 1 is 0.144 bits per heavy atom. The van der Waals surface area contributed by atoms with Crippen LogP contribution in [0.5, 0.6) is 0 Å². The minimum absolute atomic E-state index is 0.177. The summed E-state index contributed by atoms with van der Waals surface area (Å²) >= 11 is 0. The minimum atomic E-state index is -0.428. The maximum absolute atomic E-state index is 13.6. The van der Waals surface area contributed by atoms with Gasteiger partial charge in [0.15, 0.2) is 0 Å². The Morgan fingerprint density at radius 2 is 0.281 bits per heavy atom. The molecule has 16 aliphatic rings. The molecule has 0 aromatic heterocycles. The van der Waals surface area contributed by atoms with Gasteiger partial charge in [-0.3, -0.25) is 96.3 Å². The number of amides is 16. The highest BCUT2D eigenvalue weighted by Gasteiger charge is 2.60. The van der Waals surface area contributed by atoms with Crippen LogP contribution in [0.2, 0.25) is 0 Å². The van der Waals surface area contributed by atoms with Crippen LogP contribution in [-0.4, -0.2) is 111 Å². The largest absolute Gasteiger partial charge is 0.274 e. The molecular weight excluding hydrogens is 1750 g/mol. The van der Waals surface area contributed by atoms with E-state index in [9.17, 15) is 76.7 Å². The van der Waals surface area contributed by atoms with E-state index >= 15 is 0 Å². The van der Waals surface area contributed by atoms with E-state index in [0.29, 0.717) is 137 Å². The van der Waals surface area contributed by atoms with Gasteiger partial charge in [0.05, 0.1) is 129 Å². The van der Waals surface area contributed by atoms with Crippen molar-refractivity contribution in [3.63, 3.8) is 0 Å². The topological polar surface area (TPSA) is 299 Å². The Labute approximate surface area is 799 Å². The van der Waals surface area contributed by atoms with Crippen molar-refractivity contribution in [2.24, 2.45) is 94.7 Å². The molecule has 8 fully saturated rings. The fourth-order valence-corrected chi connectivity index (χ4v) is 25.8. The number of rotatable bonds is 8. The van der Waals surface area contributed by atoms with Gasteiger partial charge in [0, 0.05) is 0 Å². The van der Waals surface area contributed by atoms with Gasteiger partial charge < -0.3 is 0 Å². The van der Waals surface area contributed by atoms with Crippen LogP contribution in [0.25, 0.3) is 0 Å². The summed E-state index contributed by atoms with van der Waals surface area (Å²) in [6.45, 7) is -0.248. The third-order valence-corrected chi connectivity index (χ3v) is 33.0. The maximum atomic E-state index is 13.6. The predicted octanol–water partition coefficient (Wildman–Crippen LogP) is 12.2. The Kier molecular flexibility index (Phi) is 21.0. The lowest BCUT2D eigenvalue weighted by Crippen LogP contribution is -2.45. The SMILES string of the molecule is O=C1C2Cc3ccccc3CC2C(=O)N1CN1C(=O)C2Cc3ccccc3CC2C1=O.O=C1C2Cc3ccccc3CC2C(=O)N1c1ccc(N2C(=O)C3Cc4ccccc4CC3C2=O)cc1.O=C1C2Cc3ccccc3CC2C(=O)N1c1cccc(N2C(=O)C3Cc4ccccc4CC3C2=O)c1.O=C1C2Cc3ccccc3CC2C(=O)N1c1ccccc1N1C(=O)C2Cc3ccccc3CC2C1=O. The first kappa shape index (κ1) is 86.4. The van der Waals surface area contributed by atoms with Crippen molar-refractivity contribution in [1.82, 2.24) is 9.80 Å². The molecule has 27 rings (SSSR count). The molecule has 24 nitrogen and oxygen atoms in total. The van der Waals surface area contributed by atoms with Gasteiger partial charge in [-0.05, 0) is 246 Å². The molecule has 690 valence electrons. The first-order chi connectivity index (χ1) is 67.6. The second kappa shape index (κ2) is 33.8. The average Bonchev–Trinajstić information content (AvgIpc) is 1.59. The molecule has 8 aliphatic carbocycles. The Hall–Kier alpha value is -15.5. The second-order valence-electron chi connectivity index (χ2n) is 40.1. The number of hydrogen-bond donors (Lipinski definition) is 0. The van der Waals surface area contributed by atoms with Crippen molar-refractivity contribution in [2.45, 2.75) is 103 Å². The predicted molar refractivity (Wildman–Crippen MR) is 509 cm³/mol. The highest BCUT2D eigenvalue weighted by Crippen LogP contribution is 2.51. The molecule has 24 heteroatoms. The Balaban J connectivity index is 0.000000101. The number of fused-ring (bicyclic) bond motifs is 16. The van der Waals surface area contributed by atoms with Crippen LogP contribution in [0, 0.1) is 94.7 Å². The lowest BCUT2D eigenvalue weighted by atomic mass is 9.77. The number of hydrogen-bond acceptors (Lipinski definition) is 16. The van der Waals surface area contributed by atoms with E-state index in [4.69, 9.17) is 0 Å². The minimum Gasteiger partial charge on any atom is -0.274 e. The van der Waals surface area contributed by atoms with E-state index in [1.165, 1.54) is 29.4 Å². The summed E-state index contributed by atoms with van der Waals surface area (Å²) in [7, 11) is 0. The van der Waals surface area contributed by atoms with E-state index < -0.39 is 47.3 Å². The van der Waals surface area contributed by atoms with E-state index in [1.807, 2.05) is 194 Å². The number of anilines is 6. The van der Waals surface area contributed by atoms with Crippen molar-refractivity contribution >= 4 is 129 Å². The molecule has 11 aromatic rings. The monoisotopic (exact) mass is 1840 g/mol. The molecule has 8 aliphatic heterocycles. The van der Waals surface area contributed by atoms with Crippen LogP contribution in [0.15, 0.2) is 267 Å². The van der Waals surface area contributed by atoms with Crippen molar-refractivity contribution in [2.75, 3.05) is 36.1 Å². The van der Waals surface area contributed by atoms with Crippen LogP contribution in [0.3, 0.4) is 0 Å². The normalized spacial score (nSPS) is 27.1. The zero-order chi connectivity index (χ0) is 94.9. The molecule has 16 amide bonds. The first-order valence-electron chi connectivity index (χ1n) is 48.4. The third-order valence-electron chi connectivity index (χ3n) is 33.0. The van der Waals surface area contributed by atoms with Gasteiger partial charge in [0.25, 0.3) is 0 Å². The highest BCUT2D eigenvalue weighted by molar-refractivity contribution is 6.30. The molecule has 0 bridgehead atoms. The van der Waals surface area contributed by atoms with Crippen LogP contribution < -0.4 is 29.4 Å². The zero-order valence-electron chi connectivity index (χ0n) is 75.8. The van der Waals surface area contributed by atoms with Crippen LogP contribution in [0.1, 0.15) is 89.0 Å². The molecule has 0 spiro atoms. The van der Waals surface area contributed by atoms with Gasteiger partial charge in [-0.25, -0.2) is 19.6 Å². The molecule has 16 unspecified atom stereocenters. The molecule has 16 atom stereocenters. The molecule has 8 saturated heterocycles. The van der Waals surface area contributed by atoms with Crippen molar-refractivity contribution in [3.8, 4) is 0 Å². The van der Waals surface area contributed by atoms with Crippen molar-refractivity contribution in [3.05, 3.63) is 356 Å². The van der Waals surface area contributed by atoms with Crippen LogP contribution >= 0.6 is 0 Å². The lowest BCUT2D eigenvalue weighted by Gasteiger charge is -2.23. The third kappa shape index (κ3) is 14.1. The summed E-state index contributed by atoms with van der Waals surface area (Å²) in [4.78, 5) is 223. The van der Waals surface area contributed by atoms with Gasteiger partial charge in [-0.2, -0.15) is 0 Å². The fraction of sp³-hybridized carbons (Fsp3) is 0.287. The lowest BCUT2D eigenvalue weighted by molar-refractivity contribution is -0.149. The smallest absolute Gasteiger partial charge is 0.238 e. The number of imide groups is 8. The fourth-order valence-electron chi connectivity index (χ4n) is 25.8. The standard InChI is InChI=1S/3C30H24N2O4.C25H22N2O4/c33-27-21-13-17-7-1-2-8-18(17)14-22(21)28(34)31(27)25-11-5-6-12-26(25)32-29(35)23-15-19-9-3-4-10-20(19)16-24(23)30(32)36;33-27-23-12-17-6-1-2-7-18(17)13-24(23)28(34)31(27)21-10-5-11-22(16-21)32-29(35)25-14-19-8-3-4-9-20(19)15-26(25)30(32)36;33-27-23-13-17-5-1-2-6-18(17)14-24(23)28(34)31(27)21-9-11-22(12-10-21)32-29(35)25-15-19-7-3-4-8-20(19)16-26(25)30(32)36;28-22-18-9-14-5-1-2-6-15(14)10-19(18)23(29)26(22)13-27-24(30)20-11-16-7-3-4-8-17(16)12-21(20)25(27)31/h1-12,21-24H,13-16H2;1-11,16,23-26H,12-15H2;1-12,23-26H,13-16H2;1-8,18-21H,9-13H2. The second-order valence-corrected chi connectivity index (χ2v) is 40.1. The molecule has 0 N–H and O–H groups in total. The number of carbonyl (C=O) groups is 16. The number of likely N-dealkylation sites (tertiary alicyclic amines) is 2. The first-order valence-corrected chi connectivity index (χ1v) is 48.4. The quantitative estimate of drug-likeness (QED) is 0.128. The number of nitrogens with zero attached hydrogens (tertiary/aromatic N) is 8. The summed E-state index contributed by atoms with van der Waals surface area (Å²) in [5.74, 6) is -9.84. The molecular formula is C115H94N8O16. The van der Waals surface area contributed by atoms with E-state index in [2.05, 4.69) is 0 Å². The summed E-state index contributed by atoms with van der Waals surface area (Å²) in [5.41, 5.74) is 20.2. The average molecular weight is 1840 g/mol. The molecule has 139 heavy (non-hydrogen) atoms. The van der Waals surface area contributed by atoms with Crippen molar-refractivity contribution in [1.29, 1.82) is 0 Å². The highest BCUT2D eigenvalue weighted by atomic mass is 16.2. The van der Waals surface area contributed by atoms with Crippen LogP contribution in [0.4, 0.5) is 34.1 Å². The van der Waals surface area contributed by atoms with Gasteiger partial charge in [-0.15, -0.1) is 0 Å². The maximum Gasteiger partial charge on any atom is 0.238 e. The van der Waals surface area contributed by atoms with Gasteiger partial charge in [0.1, 0.15) is 6.67 Å². The van der Waals surface area contributed by atoms with E-state index in [-0.39, 0.29) is 149 Å². The van der Waals surface area contributed by atoms with Gasteiger partial charge in [0.2, 0.25) is 94.5 Å². The zero-order valence-corrected chi connectivity index (χ0v) is 75.8. The summed E-state index contributed by atoms with van der Waals surface area (Å²) in [6.07, 6.45) is 8.70. The number of benzene rings is 11. The summed E-state index contributed by atoms with van der Waals surface area (Å²) in [6, 6.07) is 83.8. The molecule has 11 aromatic carbocycles. The molecule has 0 radical (unpaired) electrons. The Bertz CT molecular complexity index is 6500. The van der Waals surface area contributed by atoms with Gasteiger partial charge >= 0.3 is 0 Å². The van der Waals surface area contributed by atoms with Crippen LogP contribution in [-0.2, 0) is 179 Å². The van der Waals surface area contributed by atoms with Gasteiger partial charge in [-0.1, -0.05) is 212 Å². The summed E-state index contributed by atoms with van der Waals surface area (Å²) in [5, 5.41) is 0. The van der Waals surface area contributed by atoms with Crippen molar-refractivity contribution < 1.29 is 76.7 Å².